The highest BCUT2D eigenvalue weighted by Crippen LogP contribution is 2.26. The van der Waals surface area contributed by atoms with Gasteiger partial charge in [0, 0.05) is 6.42 Å². The molecular weight excluding hydrogens is 308 g/mol. The topological polar surface area (TPSA) is 26.3 Å². The summed E-state index contributed by atoms with van der Waals surface area (Å²) in [6, 6.07) is 0. The fourth-order valence-corrected chi connectivity index (χ4v) is 3.66. The first-order valence-corrected chi connectivity index (χ1v) is 11.0. The van der Waals surface area contributed by atoms with Gasteiger partial charge in [0.15, 0.2) is 0 Å². The molecule has 0 aromatic heterocycles. The second-order valence-electron chi connectivity index (χ2n) is 9.24. The Morgan fingerprint density at radius 2 is 1.36 bits per heavy atom. The molecule has 150 valence electrons. The van der Waals surface area contributed by atoms with Crippen LogP contribution >= 0.6 is 0 Å². The van der Waals surface area contributed by atoms with Crippen molar-refractivity contribution in [1.82, 2.24) is 0 Å². The average molecular weight is 355 g/mol. The smallest absolute Gasteiger partial charge is 0.306 e. The van der Waals surface area contributed by atoms with Crippen LogP contribution in [0.4, 0.5) is 0 Å². The van der Waals surface area contributed by atoms with Gasteiger partial charge in [-0.05, 0) is 37.0 Å². The lowest BCUT2D eigenvalue weighted by atomic mass is 9.84. The third-order valence-electron chi connectivity index (χ3n) is 4.78. The highest BCUT2D eigenvalue weighted by Gasteiger charge is 2.20. The van der Waals surface area contributed by atoms with E-state index in [0.29, 0.717) is 12.3 Å². The molecule has 0 amide bonds. The summed E-state index contributed by atoms with van der Waals surface area (Å²) in [5, 5.41) is 0. The first-order chi connectivity index (χ1) is 11.8. The summed E-state index contributed by atoms with van der Waals surface area (Å²) in [5.74, 6) is 0.415. The number of carbonyl (C=O) groups excluding carboxylic acids is 1. The lowest BCUT2D eigenvalue weighted by Gasteiger charge is -2.24. The summed E-state index contributed by atoms with van der Waals surface area (Å²) in [7, 11) is 0. The number of unbranched alkanes of at least 4 members (excludes halogenated alkanes) is 7. The summed E-state index contributed by atoms with van der Waals surface area (Å²) in [4.78, 5) is 12.3. The van der Waals surface area contributed by atoms with Crippen LogP contribution in [0.2, 0.25) is 0 Å². The predicted octanol–water partition coefficient (Wildman–Crippen LogP) is 7.69. The lowest BCUT2D eigenvalue weighted by molar-refractivity contribution is -0.151. The molecule has 0 aromatic rings. The average Bonchev–Trinajstić information content (AvgIpc) is 2.49. The Morgan fingerprint density at radius 3 is 1.92 bits per heavy atom. The third-order valence-corrected chi connectivity index (χ3v) is 4.78. The van der Waals surface area contributed by atoms with Crippen LogP contribution in [0.1, 0.15) is 125 Å². The highest BCUT2D eigenvalue weighted by atomic mass is 16.5. The molecule has 0 aliphatic heterocycles. The number of rotatable bonds is 15. The summed E-state index contributed by atoms with van der Waals surface area (Å²) < 4.78 is 5.84. The highest BCUT2D eigenvalue weighted by molar-refractivity contribution is 5.69. The molecule has 0 heterocycles. The van der Waals surface area contributed by atoms with E-state index in [-0.39, 0.29) is 17.5 Å². The van der Waals surface area contributed by atoms with Crippen molar-refractivity contribution in [2.24, 2.45) is 11.3 Å². The van der Waals surface area contributed by atoms with Crippen molar-refractivity contribution in [3.05, 3.63) is 0 Å². The quantitative estimate of drug-likeness (QED) is 0.222. The van der Waals surface area contributed by atoms with Gasteiger partial charge in [-0.25, -0.2) is 0 Å². The Hall–Kier alpha value is -0.530. The molecule has 0 rings (SSSR count). The van der Waals surface area contributed by atoms with Crippen molar-refractivity contribution in [2.45, 2.75) is 131 Å². The van der Waals surface area contributed by atoms with E-state index in [1.54, 1.807) is 0 Å². The van der Waals surface area contributed by atoms with Gasteiger partial charge in [-0.3, -0.25) is 4.79 Å². The van der Waals surface area contributed by atoms with E-state index in [4.69, 9.17) is 4.74 Å². The molecule has 2 atom stereocenters. The van der Waals surface area contributed by atoms with E-state index in [0.717, 1.165) is 25.7 Å². The van der Waals surface area contributed by atoms with E-state index >= 15 is 0 Å². The van der Waals surface area contributed by atoms with Crippen LogP contribution in [-0.2, 0) is 9.53 Å². The molecule has 0 fully saturated rings. The van der Waals surface area contributed by atoms with Gasteiger partial charge in [0.05, 0.1) is 0 Å². The summed E-state index contributed by atoms with van der Waals surface area (Å²) in [6.45, 7) is 13.3. The fourth-order valence-electron chi connectivity index (χ4n) is 3.66. The zero-order valence-corrected chi connectivity index (χ0v) is 18.2. The van der Waals surface area contributed by atoms with Crippen molar-refractivity contribution in [2.75, 3.05) is 0 Å². The SMILES string of the molecule is CCCCCCCCCC(CCCC)OC(=O)CC(C)CC(C)(C)C. The van der Waals surface area contributed by atoms with Gasteiger partial charge >= 0.3 is 5.97 Å². The molecule has 2 heteroatoms. The maximum atomic E-state index is 12.3. The molecule has 0 aliphatic rings. The zero-order valence-electron chi connectivity index (χ0n) is 18.2. The maximum absolute atomic E-state index is 12.3. The van der Waals surface area contributed by atoms with Gasteiger partial charge in [0.2, 0.25) is 0 Å². The van der Waals surface area contributed by atoms with Gasteiger partial charge in [-0.2, -0.15) is 0 Å². The van der Waals surface area contributed by atoms with E-state index < -0.39 is 0 Å². The van der Waals surface area contributed by atoms with Crippen molar-refractivity contribution in [1.29, 1.82) is 0 Å². The summed E-state index contributed by atoms with van der Waals surface area (Å²) >= 11 is 0. The Morgan fingerprint density at radius 1 is 0.840 bits per heavy atom. The number of esters is 1. The second kappa shape index (κ2) is 14.6. The third kappa shape index (κ3) is 16.7. The van der Waals surface area contributed by atoms with Crippen LogP contribution in [0, 0.1) is 11.3 Å². The second-order valence-corrected chi connectivity index (χ2v) is 9.24. The number of hydrogen-bond acceptors (Lipinski definition) is 2. The largest absolute Gasteiger partial charge is 0.462 e. The van der Waals surface area contributed by atoms with Crippen LogP contribution in [0.3, 0.4) is 0 Å². The predicted molar refractivity (Wildman–Crippen MR) is 110 cm³/mol. The van der Waals surface area contributed by atoms with E-state index in [1.165, 1.54) is 51.4 Å². The molecule has 0 radical (unpaired) electrons. The van der Waals surface area contributed by atoms with Crippen molar-refractivity contribution < 1.29 is 9.53 Å². The Labute approximate surface area is 158 Å². The monoisotopic (exact) mass is 354 g/mol. The molecule has 0 aromatic carbocycles. The van der Waals surface area contributed by atoms with Crippen molar-refractivity contribution >= 4 is 5.97 Å². The number of ether oxygens (including phenoxy) is 1. The molecule has 0 spiro atoms. The first-order valence-electron chi connectivity index (χ1n) is 11.0. The minimum absolute atomic E-state index is 0.0146. The minimum Gasteiger partial charge on any atom is -0.462 e. The van der Waals surface area contributed by atoms with E-state index in [1.807, 2.05) is 0 Å². The van der Waals surface area contributed by atoms with Crippen LogP contribution in [0.25, 0.3) is 0 Å². The van der Waals surface area contributed by atoms with E-state index in [9.17, 15) is 4.79 Å². The minimum atomic E-state index is 0.0146. The Balaban J connectivity index is 4.09. The molecule has 25 heavy (non-hydrogen) atoms. The molecule has 0 saturated heterocycles. The number of carbonyl (C=O) groups is 1. The Kier molecular flexibility index (Phi) is 14.3. The van der Waals surface area contributed by atoms with Gasteiger partial charge in [0.1, 0.15) is 6.10 Å². The van der Waals surface area contributed by atoms with E-state index in [2.05, 4.69) is 41.5 Å². The van der Waals surface area contributed by atoms with Crippen molar-refractivity contribution in [3.63, 3.8) is 0 Å². The fraction of sp³-hybridized carbons (Fsp3) is 0.957. The van der Waals surface area contributed by atoms with Crippen LogP contribution in [0.5, 0.6) is 0 Å². The van der Waals surface area contributed by atoms with Gasteiger partial charge in [0.25, 0.3) is 0 Å². The molecule has 2 unspecified atom stereocenters. The number of hydrogen-bond donors (Lipinski definition) is 0. The first kappa shape index (κ1) is 24.5. The molecule has 0 bridgehead atoms. The zero-order chi connectivity index (χ0) is 19.1. The molecule has 0 N–H and O–H groups in total. The molecule has 0 saturated carbocycles. The standard InChI is InChI=1S/C23H46O2/c1-7-9-11-12-13-14-15-17-21(16-10-8-2)25-22(24)18-20(3)19-23(4,5)6/h20-21H,7-19H2,1-6H3. The van der Waals surface area contributed by atoms with Gasteiger partial charge in [-0.1, -0.05) is 92.9 Å². The Bertz CT molecular complexity index is 317. The lowest BCUT2D eigenvalue weighted by Crippen LogP contribution is -2.21. The normalized spacial score (nSPS) is 14.3. The van der Waals surface area contributed by atoms with Crippen LogP contribution < -0.4 is 0 Å². The van der Waals surface area contributed by atoms with Gasteiger partial charge < -0.3 is 4.74 Å². The molecular formula is C23H46O2. The van der Waals surface area contributed by atoms with Gasteiger partial charge in [-0.15, -0.1) is 0 Å². The molecule has 0 aliphatic carbocycles. The van der Waals surface area contributed by atoms with Crippen LogP contribution in [-0.4, -0.2) is 12.1 Å². The summed E-state index contributed by atoms with van der Waals surface area (Å²) in [6.07, 6.45) is 15.4. The molecule has 2 nitrogen and oxygen atoms in total. The maximum Gasteiger partial charge on any atom is 0.306 e. The van der Waals surface area contributed by atoms with Crippen LogP contribution in [0.15, 0.2) is 0 Å². The summed E-state index contributed by atoms with van der Waals surface area (Å²) in [5.41, 5.74) is 0.277. The van der Waals surface area contributed by atoms with Crippen molar-refractivity contribution in [3.8, 4) is 0 Å².